The first-order chi connectivity index (χ1) is 10.8. The molecular weight excluding hydrogens is 292 g/mol. The zero-order chi connectivity index (χ0) is 16.8. The van der Waals surface area contributed by atoms with Crippen molar-refractivity contribution >= 4 is 16.9 Å². The van der Waals surface area contributed by atoms with E-state index in [0.29, 0.717) is 0 Å². The lowest BCUT2D eigenvalue weighted by Gasteiger charge is -2.20. The number of fused-ring (bicyclic) bond motifs is 1. The van der Waals surface area contributed by atoms with Gasteiger partial charge in [-0.25, -0.2) is 9.97 Å². The Bertz CT molecular complexity index is 704. The Hall–Kier alpha value is -1.73. The minimum atomic E-state index is -0.130. The summed E-state index contributed by atoms with van der Waals surface area (Å²) in [7, 11) is 3.94. The number of anilines is 1. The summed E-state index contributed by atoms with van der Waals surface area (Å²) in [6.07, 6.45) is 2.72. The Morgan fingerprint density at radius 1 is 1.30 bits per heavy atom. The fourth-order valence-corrected chi connectivity index (χ4v) is 3.06. The number of rotatable bonds is 3. The van der Waals surface area contributed by atoms with Gasteiger partial charge < -0.3 is 10.4 Å². The van der Waals surface area contributed by atoms with Crippen LogP contribution in [0.15, 0.2) is 6.20 Å². The van der Waals surface area contributed by atoms with Crippen LogP contribution in [0.4, 0.5) is 5.82 Å². The summed E-state index contributed by atoms with van der Waals surface area (Å²) in [6, 6.07) is 0.476. The van der Waals surface area contributed by atoms with Crippen molar-refractivity contribution in [3.63, 3.8) is 0 Å². The molecule has 1 saturated heterocycles. The molecular formula is C16H26N6O. The summed E-state index contributed by atoms with van der Waals surface area (Å²) in [5, 5.41) is 18.2. The molecule has 7 heteroatoms. The minimum absolute atomic E-state index is 0.130. The van der Waals surface area contributed by atoms with E-state index in [4.69, 9.17) is 4.98 Å². The third kappa shape index (κ3) is 3.03. The molecule has 2 aromatic rings. The van der Waals surface area contributed by atoms with Gasteiger partial charge in [-0.15, -0.1) is 0 Å². The molecule has 0 aromatic carbocycles. The van der Waals surface area contributed by atoms with Gasteiger partial charge in [-0.05, 0) is 13.5 Å². The summed E-state index contributed by atoms with van der Waals surface area (Å²) < 4.78 is 1.79. The SMILES string of the molecule is CN1C[C@H](Nc2nc(C(C)(C)C)nc3c2cnn3C)C[C@H]1CO. The lowest BCUT2D eigenvalue weighted by molar-refractivity contribution is 0.182. The maximum Gasteiger partial charge on any atom is 0.163 e. The summed E-state index contributed by atoms with van der Waals surface area (Å²) in [4.78, 5) is 11.6. The lowest BCUT2D eigenvalue weighted by atomic mass is 9.95. The van der Waals surface area contributed by atoms with Gasteiger partial charge in [0.1, 0.15) is 11.6 Å². The van der Waals surface area contributed by atoms with Crippen LogP contribution in [0, 0.1) is 0 Å². The molecule has 2 aromatic heterocycles. The van der Waals surface area contributed by atoms with E-state index < -0.39 is 0 Å². The van der Waals surface area contributed by atoms with Crippen molar-refractivity contribution in [2.75, 3.05) is 25.5 Å². The first kappa shape index (κ1) is 16.1. The quantitative estimate of drug-likeness (QED) is 0.883. The van der Waals surface area contributed by atoms with Crippen LogP contribution in [0.3, 0.4) is 0 Å². The van der Waals surface area contributed by atoms with Crippen LogP contribution in [0.1, 0.15) is 33.0 Å². The van der Waals surface area contributed by atoms with Crippen molar-refractivity contribution in [1.29, 1.82) is 0 Å². The fraction of sp³-hybridized carbons (Fsp3) is 0.688. The number of aromatic nitrogens is 4. The van der Waals surface area contributed by atoms with Crippen LogP contribution in [0.5, 0.6) is 0 Å². The number of likely N-dealkylation sites (N-methyl/N-ethyl adjacent to an activating group) is 1. The number of likely N-dealkylation sites (tertiary alicyclic amines) is 1. The van der Waals surface area contributed by atoms with E-state index in [0.717, 1.165) is 35.6 Å². The van der Waals surface area contributed by atoms with Crippen molar-refractivity contribution in [3.05, 3.63) is 12.0 Å². The second-order valence-electron chi connectivity index (χ2n) is 7.50. The molecule has 2 atom stereocenters. The largest absolute Gasteiger partial charge is 0.395 e. The summed E-state index contributed by atoms with van der Waals surface area (Å²) >= 11 is 0. The molecule has 1 fully saturated rings. The van der Waals surface area contributed by atoms with Crippen LogP contribution >= 0.6 is 0 Å². The zero-order valence-corrected chi connectivity index (χ0v) is 14.5. The van der Waals surface area contributed by atoms with Gasteiger partial charge in [0.05, 0.1) is 18.2 Å². The molecule has 1 aliphatic heterocycles. The third-order valence-corrected chi connectivity index (χ3v) is 4.50. The van der Waals surface area contributed by atoms with Gasteiger partial charge in [0.25, 0.3) is 0 Å². The number of nitrogens with one attached hydrogen (secondary N) is 1. The Morgan fingerprint density at radius 3 is 2.65 bits per heavy atom. The first-order valence-electron chi connectivity index (χ1n) is 8.07. The molecule has 0 saturated carbocycles. The fourth-order valence-electron chi connectivity index (χ4n) is 3.06. The normalized spacial score (nSPS) is 22.9. The highest BCUT2D eigenvalue weighted by molar-refractivity contribution is 5.86. The van der Waals surface area contributed by atoms with E-state index in [1.54, 1.807) is 4.68 Å². The second kappa shape index (κ2) is 5.72. The van der Waals surface area contributed by atoms with Crippen molar-refractivity contribution in [2.45, 2.75) is 44.7 Å². The predicted octanol–water partition coefficient (Wildman–Crippen LogP) is 1.14. The summed E-state index contributed by atoms with van der Waals surface area (Å²) in [6.45, 7) is 7.41. The maximum atomic E-state index is 9.44. The number of hydrogen-bond acceptors (Lipinski definition) is 6. The average Bonchev–Trinajstić information content (AvgIpc) is 3.01. The Kier molecular flexibility index (Phi) is 4.01. The number of nitrogens with zero attached hydrogens (tertiary/aromatic N) is 5. The Balaban J connectivity index is 1.96. The highest BCUT2D eigenvalue weighted by atomic mass is 16.3. The van der Waals surface area contributed by atoms with Crippen LogP contribution in [0.2, 0.25) is 0 Å². The molecule has 3 rings (SSSR count). The number of aliphatic hydroxyl groups excluding tert-OH is 1. The van der Waals surface area contributed by atoms with E-state index in [1.165, 1.54) is 0 Å². The Labute approximate surface area is 136 Å². The first-order valence-corrected chi connectivity index (χ1v) is 8.07. The van der Waals surface area contributed by atoms with Crippen molar-refractivity contribution in [2.24, 2.45) is 7.05 Å². The molecule has 1 aliphatic rings. The van der Waals surface area contributed by atoms with Crippen LogP contribution in [-0.2, 0) is 12.5 Å². The monoisotopic (exact) mass is 318 g/mol. The third-order valence-electron chi connectivity index (χ3n) is 4.50. The maximum absolute atomic E-state index is 9.44. The molecule has 23 heavy (non-hydrogen) atoms. The average molecular weight is 318 g/mol. The minimum Gasteiger partial charge on any atom is -0.395 e. The summed E-state index contributed by atoms with van der Waals surface area (Å²) in [5.74, 6) is 1.64. The standard InChI is InChI=1S/C16H26N6O/c1-16(2,3)15-19-13(12-7-17-22(5)14(12)20-15)18-10-6-11(9-23)21(4)8-10/h7,10-11,23H,6,8-9H2,1-5H3,(H,18,19,20)/t10-,11+/m1/s1. The molecule has 0 bridgehead atoms. The van der Waals surface area contributed by atoms with Gasteiger partial charge in [-0.3, -0.25) is 9.58 Å². The van der Waals surface area contributed by atoms with E-state index in [9.17, 15) is 5.11 Å². The number of aliphatic hydroxyl groups is 1. The zero-order valence-electron chi connectivity index (χ0n) is 14.5. The van der Waals surface area contributed by atoms with E-state index in [2.05, 4.69) is 41.1 Å². The highest BCUT2D eigenvalue weighted by Crippen LogP contribution is 2.27. The van der Waals surface area contributed by atoms with Crippen molar-refractivity contribution < 1.29 is 5.11 Å². The van der Waals surface area contributed by atoms with Crippen molar-refractivity contribution in [3.8, 4) is 0 Å². The molecule has 0 radical (unpaired) electrons. The van der Waals surface area contributed by atoms with Crippen LogP contribution in [-0.4, -0.2) is 62.0 Å². The topological polar surface area (TPSA) is 79.1 Å². The Morgan fingerprint density at radius 2 is 2.04 bits per heavy atom. The van der Waals surface area contributed by atoms with Gasteiger partial charge in [0.15, 0.2) is 5.65 Å². The molecule has 0 spiro atoms. The van der Waals surface area contributed by atoms with Gasteiger partial charge in [0.2, 0.25) is 0 Å². The smallest absolute Gasteiger partial charge is 0.163 e. The van der Waals surface area contributed by atoms with Gasteiger partial charge >= 0.3 is 0 Å². The molecule has 0 unspecified atom stereocenters. The van der Waals surface area contributed by atoms with Gasteiger partial charge in [-0.1, -0.05) is 20.8 Å². The molecule has 2 N–H and O–H groups in total. The van der Waals surface area contributed by atoms with Crippen molar-refractivity contribution in [1.82, 2.24) is 24.6 Å². The highest BCUT2D eigenvalue weighted by Gasteiger charge is 2.30. The number of aryl methyl sites for hydroxylation is 1. The lowest BCUT2D eigenvalue weighted by Crippen LogP contribution is -2.28. The van der Waals surface area contributed by atoms with E-state index >= 15 is 0 Å². The predicted molar refractivity (Wildman–Crippen MR) is 90.5 cm³/mol. The molecule has 126 valence electrons. The molecule has 7 nitrogen and oxygen atoms in total. The molecule has 0 amide bonds. The van der Waals surface area contributed by atoms with E-state index in [1.807, 2.05) is 20.3 Å². The summed E-state index contributed by atoms with van der Waals surface area (Å²) in [5.41, 5.74) is 0.715. The van der Waals surface area contributed by atoms with Gasteiger partial charge in [0, 0.05) is 31.1 Å². The van der Waals surface area contributed by atoms with Crippen LogP contribution < -0.4 is 5.32 Å². The van der Waals surface area contributed by atoms with Crippen LogP contribution in [0.25, 0.3) is 11.0 Å². The van der Waals surface area contributed by atoms with Gasteiger partial charge in [-0.2, -0.15) is 5.10 Å². The second-order valence-corrected chi connectivity index (χ2v) is 7.50. The van der Waals surface area contributed by atoms with E-state index in [-0.39, 0.29) is 24.1 Å². The number of hydrogen-bond donors (Lipinski definition) is 2. The molecule has 3 heterocycles. The molecule has 0 aliphatic carbocycles.